The van der Waals surface area contributed by atoms with Crippen LogP contribution in [0.2, 0.25) is 0 Å². The summed E-state index contributed by atoms with van der Waals surface area (Å²) in [5, 5.41) is 9.18. The van der Waals surface area contributed by atoms with Gasteiger partial charge in [0.25, 0.3) is 5.91 Å². The van der Waals surface area contributed by atoms with Crippen LogP contribution in [0.3, 0.4) is 0 Å². The molecule has 2 N–H and O–H groups in total. The van der Waals surface area contributed by atoms with E-state index in [0.29, 0.717) is 16.9 Å². The average Bonchev–Trinajstić information content (AvgIpc) is 3.45. The molecule has 0 saturated heterocycles. The van der Waals surface area contributed by atoms with Crippen molar-refractivity contribution in [3.05, 3.63) is 53.1 Å². The molecule has 3 amide bonds. The van der Waals surface area contributed by atoms with Crippen LogP contribution in [0.15, 0.2) is 30.3 Å². The summed E-state index contributed by atoms with van der Waals surface area (Å²) >= 11 is 0. The minimum absolute atomic E-state index is 0.112. The second kappa shape index (κ2) is 8.89. The lowest BCUT2D eigenvalue weighted by Crippen LogP contribution is -2.45. The molecule has 1 heterocycles. The Morgan fingerprint density at radius 2 is 1.90 bits per heavy atom. The quantitative estimate of drug-likeness (QED) is 0.559. The van der Waals surface area contributed by atoms with Gasteiger partial charge in [-0.05, 0) is 64.0 Å². The van der Waals surface area contributed by atoms with Gasteiger partial charge in [0.1, 0.15) is 5.82 Å². The van der Waals surface area contributed by atoms with Crippen molar-refractivity contribution < 1.29 is 23.5 Å². The number of esters is 1. The molecule has 3 rings (SSSR count). The summed E-state index contributed by atoms with van der Waals surface area (Å²) in [6, 6.07) is 5.42. The van der Waals surface area contributed by atoms with Crippen LogP contribution in [0.1, 0.15) is 36.7 Å². The number of halogens is 1. The zero-order chi connectivity index (χ0) is 21.8. The lowest BCUT2D eigenvalue weighted by atomic mass is 10.2. The van der Waals surface area contributed by atoms with Crippen molar-refractivity contribution in [2.24, 2.45) is 0 Å². The van der Waals surface area contributed by atoms with Crippen LogP contribution in [0.5, 0.6) is 0 Å². The van der Waals surface area contributed by atoms with E-state index < -0.39 is 24.0 Å². The van der Waals surface area contributed by atoms with E-state index >= 15 is 0 Å². The Kier molecular flexibility index (Phi) is 6.29. The van der Waals surface area contributed by atoms with Gasteiger partial charge in [0.2, 0.25) is 0 Å². The molecule has 1 unspecified atom stereocenters. The number of imide groups is 1. The molecule has 1 aliphatic rings. The molecule has 1 aliphatic carbocycles. The molecule has 1 fully saturated rings. The number of ether oxygens (including phenoxy) is 1. The smallest absolute Gasteiger partial charge is 0.331 e. The van der Waals surface area contributed by atoms with Crippen molar-refractivity contribution >= 4 is 24.0 Å². The maximum Gasteiger partial charge on any atom is 0.331 e. The maximum absolute atomic E-state index is 13.1. The first-order valence-electron chi connectivity index (χ1n) is 9.57. The van der Waals surface area contributed by atoms with Crippen molar-refractivity contribution in [3.8, 4) is 5.69 Å². The van der Waals surface area contributed by atoms with E-state index in [0.717, 1.165) is 18.5 Å². The van der Waals surface area contributed by atoms with Gasteiger partial charge in [-0.15, -0.1) is 0 Å². The molecule has 158 valence electrons. The number of urea groups is 1. The largest absolute Gasteiger partial charge is 0.449 e. The van der Waals surface area contributed by atoms with Gasteiger partial charge in [-0.25, -0.2) is 18.7 Å². The molecule has 9 heteroatoms. The van der Waals surface area contributed by atoms with Gasteiger partial charge >= 0.3 is 12.0 Å². The average molecular weight is 414 g/mol. The second-order valence-electron chi connectivity index (χ2n) is 7.12. The number of amides is 3. The monoisotopic (exact) mass is 414 g/mol. The minimum atomic E-state index is -1.13. The van der Waals surface area contributed by atoms with Crippen LogP contribution in [0.25, 0.3) is 11.8 Å². The zero-order valence-corrected chi connectivity index (χ0v) is 16.9. The zero-order valence-electron chi connectivity index (χ0n) is 16.9. The predicted molar refractivity (Wildman–Crippen MR) is 107 cm³/mol. The Hall–Kier alpha value is -3.49. The molecule has 0 aliphatic heterocycles. The van der Waals surface area contributed by atoms with Crippen LogP contribution in [-0.4, -0.2) is 39.8 Å². The number of hydrogen-bond acceptors (Lipinski definition) is 5. The van der Waals surface area contributed by atoms with E-state index in [1.807, 2.05) is 6.92 Å². The van der Waals surface area contributed by atoms with Crippen LogP contribution in [0, 0.1) is 19.7 Å². The third-order valence-electron chi connectivity index (χ3n) is 4.62. The molecule has 30 heavy (non-hydrogen) atoms. The van der Waals surface area contributed by atoms with E-state index in [9.17, 15) is 18.8 Å². The van der Waals surface area contributed by atoms with Crippen LogP contribution in [0.4, 0.5) is 9.18 Å². The molecule has 1 atom stereocenters. The number of carbonyl (C=O) groups excluding carboxylic acids is 3. The molecule has 1 aromatic heterocycles. The molecule has 8 nitrogen and oxygen atoms in total. The van der Waals surface area contributed by atoms with Gasteiger partial charge in [-0.1, -0.05) is 0 Å². The number of carbonyl (C=O) groups is 3. The van der Waals surface area contributed by atoms with Gasteiger partial charge < -0.3 is 10.1 Å². The molecule has 0 bridgehead atoms. The first-order valence-corrected chi connectivity index (χ1v) is 9.57. The fraction of sp³-hybridized carbons (Fsp3) is 0.333. The Balaban J connectivity index is 1.60. The van der Waals surface area contributed by atoms with Crippen LogP contribution >= 0.6 is 0 Å². The number of rotatable bonds is 6. The van der Waals surface area contributed by atoms with Gasteiger partial charge in [-0.2, -0.15) is 5.10 Å². The van der Waals surface area contributed by atoms with Gasteiger partial charge in [0.15, 0.2) is 6.10 Å². The van der Waals surface area contributed by atoms with E-state index in [1.165, 1.54) is 25.1 Å². The summed E-state index contributed by atoms with van der Waals surface area (Å²) < 4.78 is 19.8. The molecule has 2 aromatic rings. The lowest BCUT2D eigenvalue weighted by molar-refractivity contribution is -0.149. The van der Waals surface area contributed by atoms with Crippen molar-refractivity contribution in [1.29, 1.82) is 0 Å². The Morgan fingerprint density at radius 3 is 2.53 bits per heavy atom. The summed E-state index contributed by atoms with van der Waals surface area (Å²) in [6.07, 6.45) is 3.40. The summed E-state index contributed by atoms with van der Waals surface area (Å²) in [5.41, 5.74) is 2.82. The van der Waals surface area contributed by atoms with Gasteiger partial charge in [0.05, 0.1) is 11.4 Å². The highest BCUT2D eigenvalue weighted by Gasteiger charge is 2.25. The van der Waals surface area contributed by atoms with Crippen LogP contribution in [-0.2, 0) is 14.3 Å². The fourth-order valence-electron chi connectivity index (χ4n) is 2.81. The molecule has 1 aromatic carbocycles. The highest BCUT2D eigenvalue weighted by Crippen LogP contribution is 2.20. The van der Waals surface area contributed by atoms with Crippen molar-refractivity contribution in [3.63, 3.8) is 0 Å². The summed E-state index contributed by atoms with van der Waals surface area (Å²) in [7, 11) is 0. The van der Waals surface area contributed by atoms with E-state index in [4.69, 9.17) is 4.74 Å². The maximum atomic E-state index is 13.1. The molecular formula is C21H23FN4O4. The number of aromatic nitrogens is 2. The highest BCUT2D eigenvalue weighted by atomic mass is 19.1. The van der Waals surface area contributed by atoms with Crippen molar-refractivity contribution in [1.82, 2.24) is 20.4 Å². The van der Waals surface area contributed by atoms with E-state index in [1.54, 1.807) is 29.8 Å². The molecule has 1 saturated carbocycles. The topological polar surface area (TPSA) is 102 Å². The number of nitrogens with zero attached hydrogens (tertiary/aromatic N) is 2. The third-order valence-corrected chi connectivity index (χ3v) is 4.62. The van der Waals surface area contributed by atoms with E-state index in [2.05, 4.69) is 15.7 Å². The fourth-order valence-corrected chi connectivity index (χ4v) is 2.81. The normalized spacial score (nSPS) is 14.4. The SMILES string of the molecule is Cc1nn(-c2ccc(F)cc2)c(C)c1/C=C/C(=O)OC(C)C(=O)NC(=O)NC1CC1. The highest BCUT2D eigenvalue weighted by molar-refractivity contribution is 5.98. The first-order chi connectivity index (χ1) is 14.2. The number of aryl methyl sites for hydroxylation is 1. The molecule has 0 radical (unpaired) electrons. The summed E-state index contributed by atoms with van der Waals surface area (Å²) in [4.78, 5) is 35.6. The number of hydrogen-bond donors (Lipinski definition) is 2. The summed E-state index contributed by atoms with van der Waals surface area (Å²) in [6.45, 7) is 4.99. The molecular weight excluding hydrogens is 391 g/mol. The standard InChI is InChI=1S/C21H23FN4O4/c1-12-18(13(2)26(25-12)17-8-4-15(22)5-9-17)10-11-19(27)30-14(3)20(28)24-21(29)23-16-6-7-16/h4-5,8-11,14,16H,6-7H2,1-3H3,(H2,23,24,28,29)/b11-10+. The third kappa shape index (κ3) is 5.31. The van der Waals surface area contributed by atoms with Crippen molar-refractivity contribution in [2.45, 2.75) is 45.8 Å². The van der Waals surface area contributed by atoms with Gasteiger partial charge in [0, 0.05) is 23.4 Å². The minimum Gasteiger partial charge on any atom is -0.449 e. The number of nitrogens with one attached hydrogen (secondary N) is 2. The number of benzene rings is 1. The van der Waals surface area contributed by atoms with E-state index in [-0.39, 0.29) is 11.9 Å². The van der Waals surface area contributed by atoms with Gasteiger partial charge in [-0.3, -0.25) is 10.1 Å². The Labute approximate surface area is 173 Å². The summed E-state index contributed by atoms with van der Waals surface area (Å²) in [5.74, 6) is -1.77. The Morgan fingerprint density at radius 1 is 1.23 bits per heavy atom. The molecule has 0 spiro atoms. The lowest BCUT2D eigenvalue weighted by Gasteiger charge is -2.12. The van der Waals surface area contributed by atoms with Crippen molar-refractivity contribution in [2.75, 3.05) is 0 Å². The Bertz CT molecular complexity index is 993. The second-order valence-corrected chi connectivity index (χ2v) is 7.12. The van der Waals surface area contributed by atoms with Crippen LogP contribution < -0.4 is 10.6 Å². The first kappa shape index (κ1) is 21.2. The predicted octanol–water partition coefficient (Wildman–Crippen LogP) is 2.56.